The van der Waals surface area contributed by atoms with E-state index in [2.05, 4.69) is 99.6 Å². The maximum absolute atomic E-state index is 12.3. The van der Waals surface area contributed by atoms with E-state index in [9.17, 15) is 5.11 Å². The molecule has 1 N–H and O–H groups in total. The van der Waals surface area contributed by atoms with Crippen molar-refractivity contribution in [1.29, 1.82) is 0 Å². The summed E-state index contributed by atoms with van der Waals surface area (Å²) in [6.45, 7) is 21.8. The van der Waals surface area contributed by atoms with Crippen LogP contribution in [0.25, 0.3) is 0 Å². The summed E-state index contributed by atoms with van der Waals surface area (Å²) in [7, 11) is 0. The molecule has 0 aliphatic carbocycles. The minimum Gasteiger partial charge on any atom is -0.421 e. The lowest BCUT2D eigenvalue weighted by atomic mass is 9.63. The van der Waals surface area contributed by atoms with Gasteiger partial charge in [-0.2, -0.15) is 0 Å². The van der Waals surface area contributed by atoms with Gasteiger partial charge in [0.25, 0.3) is 0 Å². The topological polar surface area (TPSA) is 54.2 Å². The molecule has 5 rings (SSSR count). The van der Waals surface area contributed by atoms with Gasteiger partial charge in [0.2, 0.25) is 11.8 Å². The minimum absolute atomic E-state index is 0.00108. The Balaban J connectivity index is 1.71. The lowest BCUT2D eigenvalue weighted by Crippen LogP contribution is -2.59. The van der Waals surface area contributed by atoms with Crippen LogP contribution in [0.1, 0.15) is 91.5 Å². The van der Waals surface area contributed by atoms with Crippen LogP contribution in [0.15, 0.2) is 58.0 Å². The summed E-state index contributed by atoms with van der Waals surface area (Å²) < 4.78 is 6.36. The van der Waals surface area contributed by atoms with E-state index in [1.165, 1.54) is 11.1 Å². The molecule has 0 amide bonds. The summed E-state index contributed by atoms with van der Waals surface area (Å²) in [6.07, 6.45) is 1.97. The largest absolute Gasteiger partial charge is 0.421 e. The third-order valence-electron chi connectivity index (χ3n) is 8.25. The molecule has 1 unspecified atom stereocenters. The number of hydrogen-bond donors (Lipinski definition) is 1. The van der Waals surface area contributed by atoms with Crippen molar-refractivity contribution in [3.63, 3.8) is 0 Å². The standard InChI is InChI=1S/C31H38N2O2/c1-27(2,3)18-11-13-23-20(15-18)29(7,8)22-17-31(34)26(35-25(22)32-23)33-24-14-12-19(28(4,5)6)16-21(24)30(31,9)10/h11-17,34H,1-10H3. The highest BCUT2D eigenvalue weighted by Crippen LogP contribution is 2.53. The second-order valence-electron chi connectivity index (χ2n) is 13.5. The molecule has 1 atom stereocenters. The molecule has 0 fully saturated rings. The van der Waals surface area contributed by atoms with Gasteiger partial charge < -0.3 is 9.84 Å². The van der Waals surface area contributed by atoms with Crippen molar-refractivity contribution < 1.29 is 9.84 Å². The SMILES string of the molecule is CC(C)(C)c1ccc2c(c1)C(C)(C)C1=CC3(O)C(=Nc4ccc(C(C)(C)C)cc4C3(C)C)OC1=N2. The molecule has 0 spiro atoms. The Bertz CT molecular complexity index is 1340. The normalized spacial score (nSPS) is 24.0. The van der Waals surface area contributed by atoms with E-state index in [4.69, 9.17) is 14.7 Å². The summed E-state index contributed by atoms with van der Waals surface area (Å²) in [5.41, 5.74) is 4.92. The number of benzene rings is 2. The Morgan fingerprint density at radius 3 is 1.80 bits per heavy atom. The zero-order valence-corrected chi connectivity index (χ0v) is 22.8. The maximum atomic E-state index is 12.3. The molecule has 0 bridgehead atoms. The Labute approximate surface area is 209 Å². The van der Waals surface area contributed by atoms with E-state index in [-0.39, 0.29) is 10.8 Å². The van der Waals surface area contributed by atoms with E-state index >= 15 is 0 Å². The van der Waals surface area contributed by atoms with Crippen LogP contribution in [0.3, 0.4) is 0 Å². The smallest absolute Gasteiger partial charge is 0.234 e. The van der Waals surface area contributed by atoms with Crippen LogP contribution < -0.4 is 0 Å². The molecule has 4 heteroatoms. The van der Waals surface area contributed by atoms with Crippen molar-refractivity contribution in [3.8, 4) is 0 Å². The zero-order valence-electron chi connectivity index (χ0n) is 22.8. The Kier molecular flexibility index (Phi) is 4.76. The number of fused-ring (bicyclic) bond motifs is 4. The molecule has 0 radical (unpaired) electrons. The monoisotopic (exact) mass is 470 g/mol. The first-order valence-electron chi connectivity index (χ1n) is 12.6. The molecule has 3 aliphatic heterocycles. The number of hydrogen-bond acceptors (Lipinski definition) is 4. The van der Waals surface area contributed by atoms with Crippen LogP contribution in [0.5, 0.6) is 0 Å². The lowest BCUT2D eigenvalue weighted by molar-refractivity contribution is 0.0628. The van der Waals surface area contributed by atoms with E-state index < -0.39 is 16.4 Å². The molecule has 0 saturated heterocycles. The van der Waals surface area contributed by atoms with E-state index in [0.29, 0.717) is 11.8 Å². The van der Waals surface area contributed by atoms with Crippen LogP contribution in [-0.2, 0) is 26.4 Å². The Hall–Kier alpha value is -2.72. The molecular weight excluding hydrogens is 432 g/mol. The van der Waals surface area contributed by atoms with E-state index in [0.717, 1.165) is 28.1 Å². The quantitative estimate of drug-likeness (QED) is 0.439. The molecular formula is C31H38N2O2. The van der Waals surface area contributed by atoms with Gasteiger partial charge in [0, 0.05) is 16.4 Å². The van der Waals surface area contributed by atoms with Crippen LogP contribution in [0.4, 0.5) is 11.4 Å². The van der Waals surface area contributed by atoms with E-state index in [1.54, 1.807) is 0 Å². The van der Waals surface area contributed by atoms with Gasteiger partial charge in [0.05, 0.1) is 11.4 Å². The fourth-order valence-corrected chi connectivity index (χ4v) is 5.41. The van der Waals surface area contributed by atoms with Gasteiger partial charge in [-0.3, -0.25) is 0 Å². The minimum atomic E-state index is -1.39. The van der Waals surface area contributed by atoms with Crippen molar-refractivity contribution in [1.82, 2.24) is 0 Å². The van der Waals surface area contributed by atoms with Crippen molar-refractivity contribution in [2.45, 2.75) is 96.5 Å². The molecule has 184 valence electrons. The summed E-state index contributed by atoms with van der Waals surface area (Å²) in [5, 5.41) is 12.3. The predicted molar refractivity (Wildman–Crippen MR) is 145 cm³/mol. The first-order chi connectivity index (χ1) is 16.0. The second-order valence-corrected chi connectivity index (χ2v) is 13.5. The van der Waals surface area contributed by atoms with Crippen molar-refractivity contribution in [2.24, 2.45) is 9.98 Å². The highest BCUT2D eigenvalue weighted by molar-refractivity contribution is 6.13. The van der Waals surface area contributed by atoms with Gasteiger partial charge in [-0.1, -0.05) is 93.5 Å². The number of aliphatic imine (C=N–C) groups is 2. The van der Waals surface area contributed by atoms with E-state index in [1.807, 2.05) is 12.1 Å². The number of aliphatic hydroxyl groups is 1. The lowest BCUT2D eigenvalue weighted by Gasteiger charge is -2.49. The third-order valence-corrected chi connectivity index (χ3v) is 8.25. The fourth-order valence-electron chi connectivity index (χ4n) is 5.41. The summed E-state index contributed by atoms with van der Waals surface area (Å²) in [4.78, 5) is 9.71. The first-order valence-corrected chi connectivity index (χ1v) is 12.6. The Morgan fingerprint density at radius 2 is 1.26 bits per heavy atom. The molecule has 4 nitrogen and oxygen atoms in total. The fraction of sp³-hybridized carbons (Fsp3) is 0.484. The predicted octanol–water partition coefficient (Wildman–Crippen LogP) is 7.31. The average molecular weight is 471 g/mol. The number of rotatable bonds is 0. The van der Waals surface area contributed by atoms with Gasteiger partial charge in [-0.05, 0) is 51.3 Å². The van der Waals surface area contributed by atoms with Crippen LogP contribution in [0, 0.1) is 0 Å². The molecule has 0 aromatic heterocycles. The third kappa shape index (κ3) is 3.36. The van der Waals surface area contributed by atoms with Gasteiger partial charge in [-0.25, -0.2) is 9.98 Å². The molecule has 2 aromatic carbocycles. The summed E-state index contributed by atoms with van der Waals surface area (Å²) in [5.74, 6) is 0.826. The van der Waals surface area contributed by atoms with Gasteiger partial charge in [-0.15, -0.1) is 0 Å². The van der Waals surface area contributed by atoms with Crippen LogP contribution in [0.2, 0.25) is 0 Å². The molecule has 3 heterocycles. The highest BCUT2D eigenvalue weighted by atomic mass is 16.5. The molecule has 0 saturated carbocycles. The average Bonchev–Trinajstić information content (AvgIpc) is 2.73. The van der Waals surface area contributed by atoms with Gasteiger partial charge in [0.15, 0.2) is 5.60 Å². The maximum Gasteiger partial charge on any atom is 0.234 e. The highest BCUT2D eigenvalue weighted by Gasteiger charge is 2.57. The molecule has 35 heavy (non-hydrogen) atoms. The zero-order chi connectivity index (χ0) is 25.8. The van der Waals surface area contributed by atoms with Crippen molar-refractivity contribution in [2.75, 3.05) is 0 Å². The Morgan fingerprint density at radius 1 is 0.743 bits per heavy atom. The van der Waals surface area contributed by atoms with Gasteiger partial charge in [0.1, 0.15) is 0 Å². The van der Waals surface area contributed by atoms with Gasteiger partial charge >= 0.3 is 0 Å². The number of nitrogens with zero attached hydrogens (tertiary/aromatic N) is 2. The molecule has 3 aliphatic rings. The summed E-state index contributed by atoms with van der Waals surface area (Å²) in [6, 6.07) is 12.9. The van der Waals surface area contributed by atoms with Crippen LogP contribution in [-0.4, -0.2) is 22.5 Å². The van der Waals surface area contributed by atoms with Crippen molar-refractivity contribution >= 4 is 23.2 Å². The van der Waals surface area contributed by atoms with Crippen LogP contribution >= 0.6 is 0 Å². The first kappa shape index (κ1) is 24.0. The summed E-state index contributed by atoms with van der Waals surface area (Å²) >= 11 is 0. The molecule has 2 aromatic rings. The second kappa shape index (κ2) is 6.94. The number of ether oxygens (including phenoxy) is 1. The van der Waals surface area contributed by atoms with Crippen molar-refractivity contribution in [3.05, 3.63) is 70.3 Å².